The molecule has 3 aromatic heterocycles. The largest absolute Gasteiger partial charge is 0.493 e. The summed E-state index contributed by atoms with van der Waals surface area (Å²) in [5.41, 5.74) is 2.02. The van der Waals surface area contributed by atoms with Gasteiger partial charge in [-0.2, -0.15) is 0 Å². The number of amides is 2. The van der Waals surface area contributed by atoms with Crippen molar-refractivity contribution in [3.63, 3.8) is 0 Å². The molecule has 4 heterocycles. The molecule has 0 saturated heterocycles. The molecule has 0 N–H and O–H groups in total. The van der Waals surface area contributed by atoms with Gasteiger partial charge in [0.1, 0.15) is 17.3 Å². The summed E-state index contributed by atoms with van der Waals surface area (Å²) < 4.78 is 19.2. The zero-order valence-electron chi connectivity index (χ0n) is 26.2. The second-order valence-corrected chi connectivity index (χ2v) is 11.4. The van der Waals surface area contributed by atoms with Crippen LogP contribution >= 0.6 is 0 Å². The molecule has 11 heteroatoms. The Morgan fingerprint density at radius 1 is 0.891 bits per heavy atom. The van der Waals surface area contributed by atoms with Gasteiger partial charge in [-0.05, 0) is 55.8 Å². The van der Waals surface area contributed by atoms with Gasteiger partial charge < -0.3 is 28.4 Å². The molecule has 2 amide bonds. The molecule has 5 aromatic rings. The van der Waals surface area contributed by atoms with Crippen molar-refractivity contribution >= 4 is 22.6 Å². The van der Waals surface area contributed by atoms with Gasteiger partial charge >= 0.3 is 0 Å². The Hall–Kier alpha value is -5.19. The molecule has 46 heavy (non-hydrogen) atoms. The number of rotatable bonds is 4. The van der Waals surface area contributed by atoms with Gasteiger partial charge in [0, 0.05) is 68.3 Å². The highest BCUT2D eigenvalue weighted by Crippen LogP contribution is 2.32. The minimum atomic E-state index is -0.123. The first-order chi connectivity index (χ1) is 22.5. The summed E-state index contributed by atoms with van der Waals surface area (Å²) in [7, 11) is 1.61. The predicted octanol–water partition coefficient (Wildman–Crippen LogP) is 5.18. The summed E-state index contributed by atoms with van der Waals surface area (Å²) in [6.07, 6.45) is 7.61. The van der Waals surface area contributed by atoms with Crippen molar-refractivity contribution in [1.29, 1.82) is 0 Å². The van der Waals surface area contributed by atoms with Crippen LogP contribution in [0.15, 0.2) is 77.7 Å². The van der Waals surface area contributed by atoms with Crippen LogP contribution in [-0.2, 0) is 17.8 Å². The Balaban J connectivity index is 1.25. The van der Waals surface area contributed by atoms with Gasteiger partial charge in [-0.25, -0.2) is 4.98 Å². The first-order valence-corrected chi connectivity index (χ1v) is 15.6. The number of carbonyl (C=O) groups excluding carboxylic acids is 2. The maximum Gasteiger partial charge on any atom is 0.272 e. The SMILES string of the molecule is COc1ccc2cc1OCCCN(C(=O)c1cc3ccccc3cn1)CCCCN(C(=O)Cc1cc(C)no1)CCn1ccnc1-2. The molecule has 1 aliphatic rings. The number of nitrogens with zero attached hydrogens (tertiary/aromatic N) is 6. The molecule has 2 aromatic carbocycles. The molecule has 0 saturated carbocycles. The summed E-state index contributed by atoms with van der Waals surface area (Å²) in [6, 6.07) is 17.3. The summed E-state index contributed by atoms with van der Waals surface area (Å²) in [6.45, 7) is 4.83. The lowest BCUT2D eigenvalue weighted by Gasteiger charge is -2.25. The van der Waals surface area contributed by atoms with Gasteiger partial charge in [-0.3, -0.25) is 14.6 Å². The zero-order chi connectivity index (χ0) is 31.9. The van der Waals surface area contributed by atoms with E-state index >= 15 is 0 Å². The van der Waals surface area contributed by atoms with Crippen molar-refractivity contribution in [2.24, 2.45) is 0 Å². The van der Waals surface area contributed by atoms with Crippen LogP contribution in [0, 0.1) is 6.92 Å². The second-order valence-electron chi connectivity index (χ2n) is 11.4. The number of imidazole rings is 1. The second kappa shape index (κ2) is 14.3. The molecule has 0 aliphatic carbocycles. The highest BCUT2D eigenvalue weighted by atomic mass is 16.5. The molecule has 6 rings (SSSR count). The Bertz CT molecular complexity index is 1810. The first-order valence-electron chi connectivity index (χ1n) is 15.6. The quantitative estimate of drug-likeness (QED) is 0.269. The monoisotopic (exact) mass is 622 g/mol. The fourth-order valence-corrected chi connectivity index (χ4v) is 5.75. The number of fused-ring (bicyclic) bond motifs is 5. The molecule has 2 bridgehead atoms. The Morgan fingerprint density at radius 2 is 1.70 bits per heavy atom. The van der Waals surface area contributed by atoms with Gasteiger partial charge in [-0.15, -0.1) is 0 Å². The van der Waals surface area contributed by atoms with E-state index in [1.807, 2.05) is 76.0 Å². The van der Waals surface area contributed by atoms with E-state index in [9.17, 15) is 9.59 Å². The van der Waals surface area contributed by atoms with Crippen LogP contribution in [-0.4, -0.2) is 81.2 Å². The van der Waals surface area contributed by atoms with E-state index in [4.69, 9.17) is 14.0 Å². The van der Waals surface area contributed by atoms with Crippen LogP contribution in [0.3, 0.4) is 0 Å². The number of hydrogen-bond donors (Lipinski definition) is 0. The molecule has 0 unspecified atom stereocenters. The summed E-state index contributed by atoms with van der Waals surface area (Å²) in [5.74, 6) is 2.38. The van der Waals surface area contributed by atoms with Crippen LogP contribution < -0.4 is 9.47 Å². The number of aryl methyl sites for hydroxylation is 1. The fourth-order valence-electron chi connectivity index (χ4n) is 5.75. The van der Waals surface area contributed by atoms with Crippen LogP contribution in [0.25, 0.3) is 22.2 Å². The lowest BCUT2D eigenvalue weighted by Crippen LogP contribution is -2.37. The number of hydrogen-bond acceptors (Lipinski definition) is 8. The minimum absolute atomic E-state index is 0.0378. The number of benzene rings is 2. The molecule has 0 radical (unpaired) electrons. The van der Waals surface area contributed by atoms with Gasteiger partial charge in [0.25, 0.3) is 5.91 Å². The van der Waals surface area contributed by atoms with Crippen molar-refractivity contribution < 1.29 is 23.6 Å². The van der Waals surface area contributed by atoms with Crippen molar-refractivity contribution in [2.45, 2.75) is 39.2 Å². The highest BCUT2D eigenvalue weighted by Gasteiger charge is 2.21. The number of carbonyl (C=O) groups is 2. The number of aromatic nitrogens is 4. The topological polar surface area (TPSA) is 116 Å². The average molecular weight is 623 g/mol. The van der Waals surface area contributed by atoms with Crippen molar-refractivity contribution in [3.8, 4) is 22.9 Å². The smallest absolute Gasteiger partial charge is 0.272 e. The molecule has 238 valence electrons. The summed E-state index contributed by atoms with van der Waals surface area (Å²) in [4.78, 5) is 40.1. The van der Waals surface area contributed by atoms with Gasteiger partial charge in [0.05, 0.1) is 25.8 Å². The number of ether oxygens (including phenoxy) is 2. The molecule has 0 fully saturated rings. The van der Waals surface area contributed by atoms with E-state index < -0.39 is 0 Å². The zero-order valence-corrected chi connectivity index (χ0v) is 26.2. The van der Waals surface area contributed by atoms with Crippen molar-refractivity contribution in [1.82, 2.24) is 29.5 Å². The average Bonchev–Trinajstić information content (AvgIpc) is 3.72. The van der Waals surface area contributed by atoms with Crippen LogP contribution in [0.2, 0.25) is 0 Å². The molecule has 0 spiro atoms. The third-order valence-electron chi connectivity index (χ3n) is 8.18. The first kappa shape index (κ1) is 30.8. The van der Waals surface area contributed by atoms with Gasteiger partial charge in [0.2, 0.25) is 5.91 Å². The van der Waals surface area contributed by atoms with E-state index in [1.165, 1.54) is 0 Å². The minimum Gasteiger partial charge on any atom is -0.493 e. The summed E-state index contributed by atoms with van der Waals surface area (Å²) in [5, 5.41) is 5.89. The lowest BCUT2D eigenvalue weighted by atomic mass is 10.1. The van der Waals surface area contributed by atoms with E-state index in [2.05, 4.69) is 15.1 Å². The standard InChI is InChI=1S/C35H38N6O5/c1-25-20-29(46-38-25)23-33(42)39-13-5-6-14-41(35(43)30-21-26-8-3-4-9-28(26)24-37-30)15-7-19-45-32-22-27(10-11-31(32)44-2)34-36-12-16-40(34)18-17-39/h3-4,8-12,16,20-22,24H,5-7,13-15,17-19,23H2,1-2H3. The van der Waals surface area contributed by atoms with Crippen LogP contribution in [0.4, 0.5) is 0 Å². The van der Waals surface area contributed by atoms with E-state index in [0.717, 1.165) is 40.7 Å². The predicted molar refractivity (Wildman–Crippen MR) is 173 cm³/mol. The fraction of sp³-hybridized carbons (Fsp3) is 0.343. The Kier molecular flexibility index (Phi) is 9.56. The van der Waals surface area contributed by atoms with Crippen molar-refractivity contribution in [3.05, 3.63) is 90.3 Å². The number of pyridine rings is 1. The molecule has 11 nitrogen and oxygen atoms in total. The van der Waals surface area contributed by atoms with Crippen LogP contribution in [0.5, 0.6) is 11.5 Å². The molecular formula is C35H38N6O5. The Morgan fingerprint density at radius 3 is 2.50 bits per heavy atom. The molecular weight excluding hydrogens is 584 g/mol. The lowest BCUT2D eigenvalue weighted by molar-refractivity contribution is -0.131. The van der Waals surface area contributed by atoms with Crippen LogP contribution in [0.1, 0.15) is 41.2 Å². The molecule has 1 aliphatic heterocycles. The third kappa shape index (κ3) is 7.20. The third-order valence-corrected chi connectivity index (χ3v) is 8.18. The van der Waals surface area contributed by atoms with E-state index in [1.54, 1.807) is 25.6 Å². The maximum absolute atomic E-state index is 13.8. The van der Waals surface area contributed by atoms with E-state index in [0.29, 0.717) is 68.7 Å². The van der Waals surface area contributed by atoms with Gasteiger partial charge in [0.15, 0.2) is 11.5 Å². The maximum atomic E-state index is 13.8. The number of methoxy groups -OCH3 is 1. The van der Waals surface area contributed by atoms with E-state index in [-0.39, 0.29) is 18.2 Å². The van der Waals surface area contributed by atoms with Crippen molar-refractivity contribution in [2.75, 3.05) is 39.9 Å². The normalized spacial score (nSPS) is 14.7. The molecule has 0 atom stereocenters. The highest BCUT2D eigenvalue weighted by molar-refractivity contribution is 5.96. The van der Waals surface area contributed by atoms with Gasteiger partial charge in [-0.1, -0.05) is 29.4 Å². The Labute approximate surface area is 267 Å². The summed E-state index contributed by atoms with van der Waals surface area (Å²) >= 11 is 0.